The van der Waals surface area contributed by atoms with Gasteiger partial charge in [-0.25, -0.2) is 0 Å². The first kappa shape index (κ1) is 14.8. The van der Waals surface area contributed by atoms with E-state index in [1.165, 1.54) is 0 Å². The van der Waals surface area contributed by atoms with Gasteiger partial charge in [-0.2, -0.15) is 0 Å². The molecule has 0 aliphatic carbocycles. The summed E-state index contributed by atoms with van der Waals surface area (Å²) in [4.78, 5) is 16.2. The van der Waals surface area contributed by atoms with E-state index < -0.39 is 0 Å². The third-order valence-corrected chi connectivity index (χ3v) is 3.08. The van der Waals surface area contributed by atoms with Crippen LogP contribution in [0.25, 0.3) is 10.9 Å². The highest BCUT2D eigenvalue weighted by molar-refractivity contribution is 6.35. The molecule has 2 aromatic rings. The number of carbonyl (C=O) groups excluding carboxylic acids is 1. The van der Waals surface area contributed by atoms with Gasteiger partial charge in [-0.15, -0.1) is 0 Å². The van der Waals surface area contributed by atoms with Crippen LogP contribution in [0.1, 0.15) is 20.8 Å². The molecule has 0 saturated heterocycles. The van der Waals surface area contributed by atoms with Crippen molar-refractivity contribution < 1.29 is 4.79 Å². The molecule has 1 aromatic carbocycles. The first-order valence-electron chi connectivity index (χ1n) is 6.45. The molecule has 20 heavy (non-hydrogen) atoms. The second-order valence-electron chi connectivity index (χ2n) is 5.65. The quantitative estimate of drug-likeness (QED) is 0.913. The van der Waals surface area contributed by atoms with Crippen LogP contribution < -0.4 is 10.6 Å². The zero-order valence-corrected chi connectivity index (χ0v) is 12.6. The first-order valence-corrected chi connectivity index (χ1v) is 6.83. The van der Waals surface area contributed by atoms with Crippen LogP contribution in [0.3, 0.4) is 0 Å². The van der Waals surface area contributed by atoms with Gasteiger partial charge >= 0.3 is 0 Å². The van der Waals surface area contributed by atoms with Crippen molar-refractivity contribution in [3.05, 3.63) is 35.5 Å². The number of nitrogens with zero attached hydrogens (tertiary/aromatic N) is 1. The summed E-state index contributed by atoms with van der Waals surface area (Å²) in [7, 11) is 0. The molecule has 0 aliphatic heterocycles. The molecule has 0 fully saturated rings. The number of hydrogen-bond acceptors (Lipinski definition) is 3. The topological polar surface area (TPSA) is 54.0 Å². The lowest BCUT2D eigenvalue weighted by Crippen LogP contribution is -2.41. The van der Waals surface area contributed by atoms with Gasteiger partial charge in [0.25, 0.3) is 0 Å². The van der Waals surface area contributed by atoms with Crippen molar-refractivity contribution in [2.24, 2.45) is 0 Å². The summed E-state index contributed by atoms with van der Waals surface area (Å²) in [5, 5.41) is 7.44. The molecular formula is C15H18ClN3O. The van der Waals surface area contributed by atoms with Crippen LogP contribution in [0, 0.1) is 0 Å². The van der Waals surface area contributed by atoms with E-state index in [-0.39, 0.29) is 18.0 Å². The van der Waals surface area contributed by atoms with Crippen molar-refractivity contribution in [1.82, 2.24) is 10.3 Å². The fourth-order valence-electron chi connectivity index (χ4n) is 1.79. The Morgan fingerprint density at radius 1 is 1.30 bits per heavy atom. The molecule has 0 unspecified atom stereocenters. The number of fused-ring (bicyclic) bond motifs is 1. The van der Waals surface area contributed by atoms with Crippen LogP contribution >= 0.6 is 11.6 Å². The van der Waals surface area contributed by atoms with E-state index in [2.05, 4.69) is 15.6 Å². The van der Waals surface area contributed by atoms with Gasteiger partial charge in [0, 0.05) is 17.1 Å². The van der Waals surface area contributed by atoms with E-state index >= 15 is 0 Å². The van der Waals surface area contributed by atoms with Crippen LogP contribution in [0.5, 0.6) is 0 Å². The van der Waals surface area contributed by atoms with Crippen molar-refractivity contribution in [2.75, 3.05) is 11.9 Å². The number of halogens is 1. The summed E-state index contributed by atoms with van der Waals surface area (Å²) in [6.45, 7) is 6.31. The minimum atomic E-state index is -0.0963. The van der Waals surface area contributed by atoms with Gasteiger partial charge in [0.15, 0.2) is 0 Å². The molecule has 0 bridgehead atoms. The Morgan fingerprint density at radius 3 is 2.75 bits per heavy atom. The van der Waals surface area contributed by atoms with Gasteiger partial charge in [-0.1, -0.05) is 11.6 Å². The lowest BCUT2D eigenvalue weighted by Gasteiger charge is -2.20. The first-order chi connectivity index (χ1) is 9.37. The number of hydrogen-bond donors (Lipinski definition) is 2. The SMILES string of the molecule is CC(C)(C)NCC(=O)Nc1ccc(Cl)c2ncccc12. The highest BCUT2D eigenvalue weighted by Crippen LogP contribution is 2.27. The molecule has 1 aromatic heterocycles. The molecule has 2 N–H and O–H groups in total. The van der Waals surface area contributed by atoms with Crippen LogP contribution in [0.4, 0.5) is 5.69 Å². The molecule has 0 radical (unpaired) electrons. The summed E-state index contributed by atoms with van der Waals surface area (Å²) < 4.78 is 0. The summed E-state index contributed by atoms with van der Waals surface area (Å²) in [6, 6.07) is 7.24. The predicted octanol–water partition coefficient (Wildman–Crippen LogP) is 3.21. The van der Waals surface area contributed by atoms with Gasteiger partial charge < -0.3 is 10.6 Å². The van der Waals surface area contributed by atoms with Gasteiger partial charge in [0.2, 0.25) is 5.91 Å². The van der Waals surface area contributed by atoms with Crippen LogP contribution in [-0.4, -0.2) is 23.0 Å². The normalized spacial score (nSPS) is 11.6. The third kappa shape index (κ3) is 3.68. The Hall–Kier alpha value is -1.65. The minimum Gasteiger partial charge on any atom is -0.324 e. The summed E-state index contributed by atoms with van der Waals surface area (Å²) in [5.74, 6) is -0.0904. The number of aromatic nitrogens is 1. The van der Waals surface area contributed by atoms with Crippen LogP contribution in [0.15, 0.2) is 30.5 Å². The zero-order chi connectivity index (χ0) is 14.8. The fraction of sp³-hybridized carbons (Fsp3) is 0.333. The van der Waals surface area contributed by atoms with Crippen LogP contribution in [-0.2, 0) is 4.79 Å². The monoisotopic (exact) mass is 291 g/mol. The second kappa shape index (κ2) is 5.77. The van der Waals surface area contributed by atoms with E-state index in [9.17, 15) is 4.79 Å². The van der Waals surface area contributed by atoms with Crippen molar-refractivity contribution in [2.45, 2.75) is 26.3 Å². The molecule has 0 aliphatic rings. The Balaban J connectivity index is 2.18. The molecule has 1 amide bonds. The standard InChI is InChI=1S/C15H18ClN3O/c1-15(2,3)18-9-13(20)19-12-7-6-11(16)14-10(12)5-4-8-17-14/h4-8,18H,9H2,1-3H3,(H,19,20). The molecule has 2 rings (SSSR count). The second-order valence-corrected chi connectivity index (χ2v) is 6.05. The third-order valence-electron chi connectivity index (χ3n) is 2.77. The minimum absolute atomic E-state index is 0.0904. The lowest BCUT2D eigenvalue weighted by molar-refractivity contribution is -0.115. The number of benzene rings is 1. The summed E-state index contributed by atoms with van der Waals surface area (Å²) >= 11 is 6.10. The number of carbonyl (C=O) groups is 1. The molecule has 1 heterocycles. The molecule has 4 nitrogen and oxygen atoms in total. The fourth-order valence-corrected chi connectivity index (χ4v) is 2.00. The zero-order valence-electron chi connectivity index (χ0n) is 11.8. The van der Waals surface area contributed by atoms with Crippen molar-refractivity contribution >= 4 is 34.1 Å². The molecule has 5 heteroatoms. The maximum absolute atomic E-state index is 12.0. The largest absolute Gasteiger partial charge is 0.324 e. The number of amides is 1. The maximum Gasteiger partial charge on any atom is 0.238 e. The van der Waals surface area contributed by atoms with E-state index in [0.29, 0.717) is 10.5 Å². The maximum atomic E-state index is 12.0. The Bertz CT molecular complexity index is 635. The molecule has 0 spiro atoms. The number of nitrogens with one attached hydrogen (secondary N) is 2. The highest BCUT2D eigenvalue weighted by atomic mass is 35.5. The number of rotatable bonds is 3. The van der Waals surface area contributed by atoms with E-state index in [4.69, 9.17) is 11.6 Å². The predicted molar refractivity (Wildman–Crippen MR) is 83.1 cm³/mol. The van der Waals surface area contributed by atoms with E-state index in [1.807, 2.05) is 32.9 Å². The van der Waals surface area contributed by atoms with E-state index in [1.54, 1.807) is 18.3 Å². The Kier molecular flexibility index (Phi) is 4.26. The van der Waals surface area contributed by atoms with Crippen molar-refractivity contribution in [3.8, 4) is 0 Å². The van der Waals surface area contributed by atoms with Gasteiger partial charge in [-0.05, 0) is 45.0 Å². The van der Waals surface area contributed by atoms with E-state index in [0.717, 1.165) is 11.1 Å². The highest BCUT2D eigenvalue weighted by Gasteiger charge is 2.13. The van der Waals surface area contributed by atoms with Crippen LogP contribution in [0.2, 0.25) is 5.02 Å². The van der Waals surface area contributed by atoms with Gasteiger partial charge in [0.05, 0.1) is 22.8 Å². The average molecular weight is 292 g/mol. The van der Waals surface area contributed by atoms with Gasteiger partial charge in [-0.3, -0.25) is 9.78 Å². The molecule has 0 saturated carbocycles. The Morgan fingerprint density at radius 2 is 2.05 bits per heavy atom. The Labute approximate surface area is 123 Å². The molecule has 106 valence electrons. The van der Waals surface area contributed by atoms with Gasteiger partial charge in [0.1, 0.15) is 0 Å². The molecule has 0 atom stereocenters. The lowest BCUT2D eigenvalue weighted by atomic mass is 10.1. The van der Waals surface area contributed by atoms with Crippen molar-refractivity contribution in [3.63, 3.8) is 0 Å². The number of anilines is 1. The molecular weight excluding hydrogens is 274 g/mol. The average Bonchev–Trinajstić information content (AvgIpc) is 2.39. The summed E-state index contributed by atoms with van der Waals surface area (Å²) in [5.41, 5.74) is 1.31. The van der Waals surface area contributed by atoms with Crippen molar-refractivity contribution in [1.29, 1.82) is 0 Å². The number of pyridine rings is 1. The summed E-state index contributed by atoms with van der Waals surface area (Å²) in [6.07, 6.45) is 1.68. The smallest absolute Gasteiger partial charge is 0.238 e.